The van der Waals surface area contributed by atoms with Crippen molar-refractivity contribution >= 4 is 27.8 Å². The summed E-state index contributed by atoms with van der Waals surface area (Å²) in [6.07, 6.45) is 0.845. The molecule has 0 spiro atoms. The number of fused-ring (bicyclic) bond motifs is 2. The maximum atomic E-state index is 14.8. The smallest absolute Gasteiger partial charge is 0.454 e. The first-order chi connectivity index (χ1) is 15.5. The minimum absolute atomic E-state index is 0.0372. The van der Waals surface area contributed by atoms with Gasteiger partial charge in [-0.1, -0.05) is 36.4 Å². The van der Waals surface area contributed by atoms with Crippen molar-refractivity contribution in [2.24, 2.45) is 0 Å². The van der Waals surface area contributed by atoms with Crippen molar-refractivity contribution in [1.82, 2.24) is 19.7 Å². The summed E-state index contributed by atoms with van der Waals surface area (Å²) < 4.78 is 26.2. The quantitative estimate of drug-likeness (QED) is 0.408. The van der Waals surface area contributed by atoms with Crippen LogP contribution in [0, 0.1) is 5.82 Å². The van der Waals surface area contributed by atoms with E-state index in [1.165, 1.54) is 12.3 Å². The topological polar surface area (TPSA) is 119 Å². The number of halogens is 1. The van der Waals surface area contributed by atoms with Crippen molar-refractivity contribution in [2.45, 2.75) is 0 Å². The Labute approximate surface area is 178 Å². The summed E-state index contributed by atoms with van der Waals surface area (Å²) in [6.45, 7) is 0. The number of nitrogens with zero attached hydrogens (tertiary/aromatic N) is 3. The van der Waals surface area contributed by atoms with E-state index in [9.17, 15) is 14.0 Å². The lowest BCUT2D eigenvalue weighted by Gasteiger charge is -2.11. The number of nitrogens with one attached hydrogen (secondary N) is 1. The molecule has 10 heteroatoms. The number of rotatable bonds is 4. The highest BCUT2D eigenvalue weighted by Gasteiger charge is 2.15. The lowest BCUT2D eigenvalue weighted by atomic mass is 10.1. The molecule has 0 bridgehead atoms. The van der Waals surface area contributed by atoms with Crippen LogP contribution in [0.15, 0.2) is 71.8 Å². The molecule has 5 aromatic rings. The van der Waals surface area contributed by atoms with Crippen molar-refractivity contribution in [3.8, 4) is 23.2 Å². The Morgan fingerprint density at radius 3 is 2.72 bits per heavy atom. The van der Waals surface area contributed by atoms with Crippen LogP contribution >= 0.6 is 0 Å². The molecule has 0 fully saturated rings. The van der Waals surface area contributed by atoms with Crippen LogP contribution in [0.4, 0.5) is 9.18 Å². The van der Waals surface area contributed by atoms with E-state index in [0.717, 1.165) is 27.7 Å². The summed E-state index contributed by atoms with van der Waals surface area (Å²) >= 11 is 0. The second-order valence-corrected chi connectivity index (χ2v) is 6.76. The van der Waals surface area contributed by atoms with E-state index in [0.29, 0.717) is 5.75 Å². The Balaban J connectivity index is 1.54. The van der Waals surface area contributed by atoms with E-state index in [1.807, 2.05) is 30.3 Å². The predicted molar refractivity (Wildman–Crippen MR) is 112 cm³/mol. The van der Waals surface area contributed by atoms with Gasteiger partial charge in [-0.3, -0.25) is 9.78 Å². The zero-order valence-electron chi connectivity index (χ0n) is 16.2. The van der Waals surface area contributed by atoms with Gasteiger partial charge in [0.25, 0.3) is 5.56 Å². The molecule has 5 rings (SSSR count). The lowest BCUT2D eigenvalue weighted by Crippen LogP contribution is -2.14. The second kappa shape index (κ2) is 7.51. The highest BCUT2D eigenvalue weighted by atomic mass is 19.1. The summed E-state index contributed by atoms with van der Waals surface area (Å²) in [6, 6.07) is 15.3. The Bertz CT molecular complexity index is 1550. The van der Waals surface area contributed by atoms with Gasteiger partial charge in [0, 0.05) is 11.5 Å². The molecule has 2 heterocycles. The van der Waals surface area contributed by atoms with Gasteiger partial charge in [-0.2, -0.15) is 5.10 Å². The number of carboxylic acid groups (broad SMARTS) is 1. The van der Waals surface area contributed by atoms with Crippen LogP contribution < -0.4 is 15.0 Å². The average molecular weight is 432 g/mol. The molecule has 0 aliphatic rings. The standard InChI is InChI=1S/C22H13FN4O5/c23-16-9-17-15(8-19(16)32-18-7-3-5-12-4-1-2-6-14(12)18)20(28)26-21(25-17)27-11-13(10-24-27)31-22(29)30/h1-11H,(H,29,30)(H,25,26,28). The number of benzene rings is 3. The van der Waals surface area contributed by atoms with E-state index >= 15 is 0 Å². The highest BCUT2D eigenvalue weighted by molar-refractivity contribution is 5.88. The molecule has 0 saturated heterocycles. The summed E-state index contributed by atoms with van der Waals surface area (Å²) in [4.78, 5) is 30.0. The zero-order chi connectivity index (χ0) is 22.2. The summed E-state index contributed by atoms with van der Waals surface area (Å²) in [5.74, 6) is -0.477. The largest absolute Gasteiger partial charge is 0.511 e. The molecule has 0 aliphatic carbocycles. The molecule has 0 unspecified atom stereocenters. The van der Waals surface area contributed by atoms with Gasteiger partial charge in [0.1, 0.15) is 5.75 Å². The lowest BCUT2D eigenvalue weighted by molar-refractivity contribution is 0.144. The van der Waals surface area contributed by atoms with Gasteiger partial charge in [0.05, 0.1) is 23.3 Å². The number of hydrogen-bond acceptors (Lipinski definition) is 6. The summed E-state index contributed by atoms with van der Waals surface area (Å²) in [7, 11) is 0. The molecule has 9 nitrogen and oxygen atoms in total. The minimum Gasteiger partial charge on any atom is -0.454 e. The molecule has 0 radical (unpaired) electrons. The van der Waals surface area contributed by atoms with Gasteiger partial charge in [0.15, 0.2) is 17.3 Å². The van der Waals surface area contributed by atoms with Gasteiger partial charge >= 0.3 is 6.16 Å². The molecule has 0 atom stereocenters. The maximum Gasteiger partial charge on any atom is 0.511 e. The Morgan fingerprint density at radius 1 is 1.06 bits per heavy atom. The van der Waals surface area contributed by atoms with Crippen molar-refractivity contribution in [3.05, 3.63) is 83.2 Å². The highest BCUT2D eigenvalue weighted by Crippen LogP contribution is 2.32. The third kappa shape index (κ3) is 3.49. The zero-order valence-corrected chi connectivity index (χ0v) is 16.2. The number of hydrogen-bond donors (Lipinski definition) is 2. The molecule has 2 aromatic heterocycles. The molecule has 0 amide bonds. The number of aromatic nitrogens is 4. The van der Waals surface area contributed by atoms with Crippen LogP contribution in [0.5, 0.6) is 17.2 Å². The Kier molecular flexibility index (Phi) is 4.52. The first-order valence-corrected chi connectivity index (χ1v) is 9.33. The SMILES string of the molecule is O=C(O)Oc1cnn(-c2nc3cc(F)c(Oc4cccc5ccccc45)cc3c(=O)[nH]2)c1. The number of ether oxygens (including phenoxy) is 2. The van der Waals surface area contributed by atoms with Crippen LogP contribution in [-0.4, -0.2) is 31.0 Å². The van der Waals surface area contributed by atoms with E-state index < -0.39 is 17.5 Å². The van der Waals surface area contributed by atoms with E-state index in [4.69, 9.17) is 9.84 Å². The fourth-order valence-electron chi connectivity index (χ4n) is 3.29. The molecule has 0 saturated carbocycles. The minimum atomic E-state index is -1.51. The number of aromatic amines is 1. The van der Waals surface area contributed by atoms with Gasteiger partial charge in [-0.25, -0.2) is 18.9 Å². The molecular formula is C22H13FN4O5. The van der Waals surface area contributed by atoms with Crippen molar-refractivity contribution in [2.75, 3.05) is 0 Å². The third-order valence-corrected chi connectivity index (χ3v) is 4.70. The van der Waals surface area contributed by atoms with Crippen molar-refractivity contribution in [1.29, 1.82) is 0 Å². The molecule has 3 aromatic carbocycles. The van der Waals surface area contributed by atoms with Crippen LogP contribution in [0.1, 0.15) is 0 Å². The van der Waals surface area contributed by atoms with Crippen LogP contribution in [0.2, 0.25) is 0 Å². The number of carbonyl (C=O) groups is 1. The predicted octanol–water partition coefficient (Wildman–Crippen LogP) is 4.25. The van der Waals surface area contributed by atoms with Gasteiger partial charge in [-0.05, 0) is 17.5 Å². The molecule has 32 heavy (non-hydrogen) atoms. The first kappa shape index (κ1) is 19.2. The Hall–Kier alpha value is -4.73. The average Bonchev–Trinajstić information content (AvgIpc) is 3.22. The first-order valence-electron chi connectivity index (χ1n) is 9.33. The van der Waals surface area contributed by atoms with E-state index in [-0.39, 0.29) is 28.4 Å². The molecule has 158 valence electrons. The summed E-state index contributed by atoms with van der Waals surface area (Å²) in [5, 5.41) is 14.4. The maximum absolute atomic E-state index is 14.8. The fraction of sp³-hybridized carbons (Fsp3) is 0. The third-order valence-electron chi connectivity index (χ3n) is 4.70. The summed E-state index contributed by atoms with van der Waals surface area (Å²) in [5.41, 5.74) is -0.480. The number of H-pyrrole nitrogens is 1. The molecule has 2 N–H and O–H groups in total. The normalized spacial score (nSPS) is 11.0. The van der Waals surface area contributed by atoms with Crippen molar-refractivity contribution < 1.29 is 23.8 Å². The molecular weight excluding hydrogens is 419 g/mol. The van der Waals surface area contributed by atoms with Gasteiger partial charge in [0.2, 0.25) is 5.95 Å². The molecule has 0 aliphatic heterocycles. The van der Waals surface area contributed by atoms with Crippen LogP contribution in [0.25, 0.3) is 27.6 Å². The van der Waals surface area contributed by atoms with Gasteiger partial charge < -0.3 is 14.6 Å². The fourth-order valence-corrected chi connectivity index (χ4v) is 3.29. The Morgan fingerprint density at radius 2 is 1.88 bits per heavy atom. The second-order valence-electron chi connectivity index (χ2n) is 6.76. The monoisotopic (exact) mass is 432 g/mol. The van der Waals surface area contributed by atoms with Crippen LogP contribution in [0.3, 0.4) is 0 Å². The van der Waals surface area contributed by atoms with E-state index in [1.54, 1.807) is 12.1 Å². The van der Waals surface area contributed by atoms with Crippen molar-refractivity contribution in [3.63, 3.8) is 0 Å². The van der Waals surface area contributed by atoms with E-state index in [2.05, 4.69) is 19.8 Å². The van der Waals surface area contributed by atoms with Crippen LogP contribution in [-0.2, 0) is 0 Å². The van der Waals surface area contributed by atoms with Gasteiger partial charge in [-0.15, -0.1) is 0 Å².